The first-order chi connectivity index (χ1) is 14.1. The topological polar surface area (TPSA) is 78.5 Å². The van der Waals surface area contributed by atoms with Crippen LogP contribution in [0.3, 0.4) is 0 Å². The van der Waals surface area contributed by atoms with Crippen LogP contribution in [0.4, 0.5) is 5.69 Å². The van der Waals surface area contributed by atoms with E-state index in [4.69, 9.17) is 0 Å². The Labute approximate surface area is 171 Å². The maximum absolute atomic E-state index is 12.9. The molecule has 1 aliphatic rings. The van der Waals surface area contributed by atoms with Gasteiger partial charge in [0.1, 0.15) is 6.04 Å². The number of nitrogens with one attached hydrogen (secondary N) is 2. The van der Waals surface area contributed by atoms with Crippen LogP contribution in [0.2, 0.25) is 0 Å². The summed E-state index contributed by atoms with van der Waals surface area (Å²) < 4.78 is 0. The van der Waals surface area contributed by atoms with Crippen LogP contribution in [0.5, 0.6) is 0 Å². The minimum absolute atomic E-state index is 0.0731. The van der Waals surface area contributed by atoms with Crippen molar-refractivity contribution in [2.24, 2.45) is 0 Å². The fourth-order valence-corrected chi connectivity index (χ4v) is 3.44. The number of anilines is 1. The number of benzene rings is 2. The quantitative estimate of drug-likeness (QED) is 0.707. The molecule has 0 aliphatic carbocycles. The van der Waals surface area contributed by atoms with E-state index < -0.39 is 6.04 Å². The van der Waals surface area contributed by atoms with Crippen molar-refractivity contribution in [3.63, 3.8) is 0 Å². The standard InChI is InChI=1S/C23H27N3O3/c1-2-3-15-24-22(28)20-10-7-16-26(20)23(29)18-11-13-19(14-12-18)25-21(27)17-8-5-4-6-9-17/h4-6,8-9,11-14,20H,2-3,7,10,15-16H2,1H3,(H,24,28)(H,25,27)/t20-/m0/s1. The zero-order chi connectivity index (χ0) is 20.6. The normalized spacial score (nSPS) is 15.8. The predicted octanol–water partition coefficient (Wildman–Crippen LogP) is 3.46. The molecule has 0 radical (unpaired) electrons. The summed E-state index contributed by atoms with van der Waals surface area (Å²) in [5.41, 5.74) is 1.70. The third-order valence-corrected chi connectivity index (χ3v) is 5.07. The fourth-order valence-electron chi connectivity index (χ4n) is 3.44. The molecule has 1 saturated heterocycles. The fraction of sp³-hybridized carbons (Fsp3) is 0.348. The van der Waals surface area contributed by atoms with Crippen molar-refractivity contribution in [2.75, 3.05) is 18.4 Å². The molecule has 152 valence electrons. The van der Waals surface area contributed by atoms with E-state index in [1.807, 2.05) is 18.2 Å². The van der Waals surface area contributed by atoms with E-state index in [1.54, 1.807) is 41.3 Å². The molecule has 0 unspecified atom stereocenters. The Hall–Kier alpha value is -3.15. The Morgan fingerprint density at radius 1 is 1.00 bits per heavy atom. The molecular weight excluding hydrogens is 366 g/mol. The van der Waals surface area contributed by atoms with Gasteiger partial charge in [0.2, 0.25) is 5.91 Å². The SMILES string of the molecule is CCCCNC(=O)[C@@H]1CCCN1C(=O)c1ccc(NC(=O)c2ccccc2)cc1. The van der Waals surface area contributed by atoms with Gasteiger partial charge in [0.05, 0.1) is 0 Å². The van der Waals surface area contributed by atoms with Crippen LogP contribution in [0, 0.1) is 0 Å². The first kappa shape index (κ1) is 20.6. The lowest BCUT2D eigenvalue weighted by molar-refractivity contribution is -0.124. The monoisotopic (exact) mass is 393 g/mol. The summed E-state index contributed by atoms with van der Waals surface area (Å²) in [6, 6.07) is 15.3. The van der Waals surface area contributed by atoms with Crippen LogP contribution >= 0.6 is 0 Å². The van der Waals surface area contributed by atoms with Gasteiger partial charge in [-0.15, -0.1) is 0 Å². The molecule has 0 bridgehead atoms. The van der Waals surface area contributed by atoms with Gasteiger partial charge in [-0.25, -0.2) is 0 Å². The van der Waals surface area contributed by atoms with Gasteiger partial charge in [0.25, 0.3) is 11.8 Å². The van der Waals surface area contributed by atoms with E-state index in [0.717, 1.165) is 19.3 Å². The third-order valence-electron chi connectivity index (χ3n) is 5.07. The smallest absolute Gasteiger partial charge is 0.255 e. The van der Waals surface area contributed by atoms with E-state index in [9.17, 15) is 14.4 Å². The van der Waals surface area contributed by atoms with Crippen molar-refractivity contribution >= 4 is 23.4 Å². The average Bonchev–Trinajstić information content (AvgIpc) is 3.24. The third kappa shape index (κ3) is 5.22. The van der Waals surface area contributed by atoms with Gasteiger partial charge in [-0.1, -0.05) is 31.5 Å². The zero-order valence-electron chi connectivity index (χ0n) is 16.7. The van der Waals surface area contributed by atoms with Crippen LogP contribution in [0.1, 0.15) is 53.3 Å². The van der Waals surface area contributed by atoms with Crippen molar-refractivity contribution in [1.29, 1.82) is 0 Å². The Bertz CT molecular complexity index is 849. The Kier molecular flexibility index (Phi) is 7.00. The van der Waals surface area contributed by atoms with Crippen LogP contribution in [-0.2, 0) is 4.79 Å². The number of amides is 3. The molecule has 29 heavy (non-hydrogen) atoms. The van der Waals surface area contributed by atoms with Gasteiger partial charge in [-0.2, -0.15) is 0 Å². The molecule has 6 nitrogen and oxygen atoms in total. The molecule has 2 aromatic rings. The highest BCUT2D eigenvalue weighted by Gasteiger charge is 2.34. The second kappa shape index (κ2) is 9.87. The van der Waals surface area contributed by atoms with E-state index >= 15 is 0 Å². The summed E-state index contributed by atoms with van der Waals surface area (Å²) >= 11 is 0. The van der Waals surface area contributed by atoms with Gasteiger partial charge in [-0.05, 0) is 55.7 Å². The van der Waals surface area contributed by atoms with Gasteiger partial charge >= 0.3 is 0 Å². The zero-order valence-corrected chi connectivity index (χ0v) is 16.7. The van der Waals surface area contributed by atoms with Crippen LogP contribution in [-0.4, -0.2) is 41.8 Å². The maximum atomic E-state index is 12.9. The molecule has 1 fully saturated rings. The van der Waals surface area contributed by atoms with Gasteiger partial charge < -0.3 is 15.5 Å². The second-order valence-electron chi connectivity index (χ2n) is 7.20. The summed E-state index contributed by atoms with van der Waals surface area (Å²) in [5.74, 6) is -0.428. The number of nitrogens with zero attached hydrogens (tertiary/aromatic N) is 1. The van der Waals surface area contributed by atoms with Gasteiger partial charge in [0.15, 0.2) is 0 Å². The number of unbranched alkanes of at least 4 members (excludes halogenated alkanes) is 1. The summed E-state index contributed by atoms with van der Waals surface area (Å²) in [6.45, 7) is 3.30. The van der Waals surface area contributed by atoms with Crippen LogP contribution < -0.4 is 10.6 Å². The Morgan fingerprint density at radius 3 is 2.41 bits per heavy atom. The van der Waals surface area contributed by atoms with Crippen molar-refractivity contribution in [2.45, 2.75) is 38.6 Å². The lowest BCUT2D eigenvalue weighted by Crippen LogP contribution is -2.46. The van der Waals surface area contributed by atoms with Crippen molar-refractivity contribution < 1.29 is 14.4 Å². The predicted molar refractivity (Wildman–Crippen MR) is 113 cm³/mol. The molecule has 3 rings (SSSR count). The first-order valence-electron chi connectivity index (χ1n) is 10.2. The summed E-state index contributed by atoms with van der Waals surface area (Å²) in [5, 5.41) is 5.75. The molecule has 6 heteroatoms. The van der Waals surface area contributed by atoms with E-state index in [-0.39, 0.29) is 17.7 Å². The highest BCUT2D eigenvalue weighted by molar-refractivity contribution is 6.04. The highest BCUT2D eigenvalue weighted by atomic mass is 16.2. The Balaban J connectivity index is 1.62. The van der Waals surface area contributed by atoms with Crippen LogP contribution in [0.25, 0.3) is 0 Å². The van der Waals surface area contributed by atoms with E-state index in [2.05, 4.69) is 17.6 Å². The van der Waals surface area contributed by atoms with E-state index in [1.165, 1.54) is 0 Å². The average molecular weight is 393 g/mol. The minimum atomic E-state index is -0.406. The first-order valence-corrected chi connectivity index (χ1v) is 10.2. The van der Waals surface area contributed by atoms with Gasteiger partial charge in [-0.3, -0.25) is 14.4 Å². The molecule has 1 heterocycles. The largest absolute Gasteiger partial charge is 0.354 e. The van der Waals surface area contributed by atoms with Crippen LogP contribution in [0.15, 0.2) is 54.6 Å². The van der Waals surface area contributed by atoms with Crippen molar-refractivity contribution in [3.8, 4) is 0 Å². The molecular formula is C23H27N3O3. The summed E-state index contributed by atoms with van der Waals surface area (Å²) in [4.78, 5) is 39.2. The highest BCUT2D eigenvalue weighted by Crippen LogP contribution is 2.21. The molecule has 2 N–H and O–H groups in total. The molecule has 3 amide bonds. The van der Waals surface area contributed by atoms with Crippen molar-refractivity contribution in [1.82, 2.24) is 10.2 Å². The molecule has 0 saturated carbocycles. The lowest BCUT2D eigenvalue weighted by atomic mass is 10.1. The van der Waals surface area contributed by atoms with Crippen molar-refractivity contribution in [3.05, 3.63) is 65.7 Å². The number of carbonyl (C=O) groups excluding carboxylic acids is 3. The number of likely N-dealkylation sites (tertiary alicyclic amines) is 1. The molecule has 0 spiro atoms. The number of hydrogen-bond acceptors (Lipinski definition) is 3. The molecule has 1 atom stereocenters. The maximum Gasteiger partial charge on any atom is 0.255 e. The number of carbonyl (C=O) groups is 3. The summed E-state index contributed by atoms with van der Waals surface area (Å²) in [6.07, 6.45) is 3.46. The minimum Gasteiger partial charge on any atom is -0.354 e. The number of hydrogen-bond donors (Lipinski definition) is 2. The molecule has 0 aromatic heterocycles. The molecule has 2 aromatic carbocycles. The lowest BCUT2D eigenvalue weighted by Gasteiger charge is -2.24. The number of rotatable bonds is 7. The Morgan fingerprint density at radius 2 is 1.72 bits per heavy atom. The van der Waals surface area contributed by atoms with Gasteiger partial charge in [0, 0.05) is 29.9 Å². The van der Waals surface area contributed by atoms with E-state index in [0.29, 0.717) is 36.3 Å². The second-order valence-corrected chi connectivity index (χ2v) is 7.20. The molecule has 1 aliphatic heterocycles. The summed E-state index contributed by atoms with van der Waals surface area (Å²) in [7, 11) is 0.